The van der Waals surface area contributed by atoms with Crippen molar-refractivity contribution in [1.82, 2.24) is 15.5 Å². The van der Waals surface area contributed by atoms with E-state index in [2.05, 4.69) is 29.4 Å². The molecule has 2 aromatic carbocycles. The highest BCUT2D eigenvalue weighted by atomic mass is 16.5. The number of ether oxygens (including phenoxy) is 2. The molecule has 2 aromatic rings. The second kappa shape index (κ2) is 14.3. The molecule has 34 heavy (non-hydrogen) atoms. The molecule has 0 bridgehead atoms. The minimum absolute atomic E-state index is 0.0455. The second-order valence-electron chi connectivity index (χ2n) is 8.53. The van der Waals surface area contributed by atoms with Crippen molar-refractivity contribution in [2.24, 2.45) is 5.92 Å². The van der Waals surface area contributed by atoms with Crippen LogP contribution in [-0.4, -0.2) is 56.1 Å². The summed E-state index contributed by atoms with van der Waals surface area (Å²) in [4.78, 5) is 27.6. The standard InChI is InChI=1S/C27H39N3O4/c1-6-30(7-2)15-16-34-23-14-13-22(17-24(23)33-5)19-28-27(32)26(20(3)4)29-25(31)18-21-11-9-8-10-12-21/h8-14,17,20,26H,6-7,15-16,18-19H2,1-5H3,(H,28,32)(H,29,31). The third-order valence-corrected chi connectivity index (χ3v) is 5.73. The first-order chi connectivity index (χ1) is 16.4. The number of carbonyl (C=O) groups excluding carboxylic acids is 2. The molecule has 0 heterocycles. The average Bonchev–Trinajstić information content (AvgIpc) is 2.84. The number of methoxy groups -OCH3 is 1. The molecule has 0 aromatic heterocycles. The highest BCUT2D eigenvalue weighted by Gasteiger charge is 2.24. The van der Waals surface area contributed by atoms with Crippen LogP contribution in [0.2, 0.25) is 0 Å². The molecule has 0 spiro atoms. The highest BCUT2D eigenvalue weighted by molar-refractivity contribution is 5.88. The lowest BCUT2D eigenvalue weighted by molar-refractivity contribution is -0.129. The van der Waals surface area contributed by atoms with Crippen molar-refractivity contribution in [3.05, 3.63) is 59.7 Å². The monoisotopic (exact) mass is 469 g/mol. The number of amides is 2. The average molecular weight is 470 g/mol. The molecule has 0 saturated heterocycles. The summed E-state index contributed by atoms with van der Waals surface area (Å²) in [7, 11) is 1.60. The highest BCUT2D eigenvalue weighted by Crippen LogP contribution is 2.28. The quantitative estimate of drug-likeness (QED) is 0.443. The number of carbonyl (C=O) groups is 2. The van der Waals surface area contributed by atoms with Crippen molar-refractivity contribution in [3.8, 4) is 11.5 Å². The number of hydrogen-bond acceptors (Lipinski definition) is 5. The Balaban J connectivity index is 1.92. The van der Waals surface area contributed by atoms with E-state index in [1.807, 2.05) is 62.4 Å². The number of nitrogens with zero attached hydrogens (tertiary/aromatic N) is 1. The van der Waals surface area contributed by atoms with Gasteiger partial charge in [-0.2, -0.15) is 0 Å². The zero-order chi connectivity index (χ0) is 24.9. The third kappa shape index (κ3) is 8.71. The van der Waals surface area contributed by atoms with Crippen LogP contribution in [0.15, 0.2) is 48.5 Å². The van der Waals surface area contributed by atoms with E-state index in [1.54, 1.807) is 7.11 Å². The van der Waals surface area contributed by atoms with Crippen LogP contribution < -0.4 is 20.1 Å². The summed E-state index contributed by atoms with van der Waals surface area (Å²) in [6, 6.07) is 14.5. The van der Waals surface area contributed by atoms with Crippen LogP contribution in [0.25, 0.3) is 0 Å². The van der Waals surface area contributed by atoms with Crippen molar-refractivity contribution in [1.29, 1.82) is 0 Å². The van der Waals surface area contributed by atoms with Gasteiger partial charge in [0.15, 0.2) is 11.5 Å². The molecule has 0 fully saturated rings. The minimum Gasteiger partial charge on any atom is -0.493 e. The van der Waals surface area contributed by atoms with Gasteiger partial charge in [0.25, 0.3) is 0 Å². The summed E-state index contributed by atoms with van der Waals surface area (Å²) in [5, 5.41) is 5.81. The third-order valence-electron chi connectivity index (χ3n) is 5.73. The lowest BCUT2D eigenvalue weighted by Gasteiger charge is -2.22. The fraction of sp³-hybridized carbons (Fsp3) is 0.481. The van der Waals surface area contributed by atoms with Gasteiger partial charge in [0.2, 0.25) is 11.8 Å². The summed E-state index contributed by atoms with van der Waals surface area (Å²) in [6.45, 7) is 11.8. The van der Waals surface area contributed by atoms with Crippen LogP contribution >= 0.6 is 0 Å². The van der Waals surface area contributed by atoms with Gasteiger partial charge < -0.3 is 25.0 Å². The topological polar surface area (TPSA) is 79.9 Å². The largest absolute Gasteiger partial charge is 0.493 e. The molecular weight excluding hydrogens is 430 g/mol. The predicted octanol–water partition coefficient (Wildman–Crippen LogP) is 3.42. The van der Waals surface area contributed by atoms with Crippen LogP contribution in [0, 0.1) is 5.92 Å². The van der Waals surface area contributed by atoms with Crippen molar-refractivity contribution in [2.45, 2.75) is 46.7 Å². The van der Waals surface area contributed by atoms with Gasteiger partial charge in [-0.1, -0.05) is 64.1 Å². The Morgan fingerprint density at radius 3 is 2.29 bits per heavy atom. The zero-order valence-corrected chi connectivity index (χ0v) is 21.1. The Kier molecular flexibility index (Phi) is 11.4. The minimum atomic E-state index is -0.610. The molecule has 0 aliphatic rings. The number of hydrogen-bond donors (Lipinski definition) is 2. The van der Waals surface area contributed by atoms with Crippen LogP contribution in [0.3, 0.4) is 0 Å². The first-order valence-corrected chi connectivity index (χ1v) is 12.0. The Morgan fingerprint density at radius 1 is 0.971 bits per heavy atom. The van der Waals surface area contributed by atoms with Gasteiger partial charge in [-0.15, -0.1) is 0 Å². The Morgan fingerprint density at radius 2 is 1.68 bits per heavy atom. The lowest BCUT2D eigenvalue weighted by Crippen LogP contribution is -2.49. The van der Waals surface area contributed by atoms with E-state index in [0.717, 1.165) is 30.8 Å². The van der Waals surface area contributed by atoms with Crippen LogP contribution in [0.5, 0.6) is 11.5 Å². The van der Waals surface area contributed by atoms with Gasteiger partial charge in [-0.05, 0) is 42.3 Å². The van der Waals surface area contributed by atoms with Crippen molar-refractivity contribution in [2.75, 3.05) is 33.4 Å². The molecule has 7 nitrogen and oxygen atoms in total. The van der Waals surface area contributed by atoms with Crippen molar-refractivity contribution < 1.29 is 19.1 Å². The fourth-order valence-electron chi connectivity index (χ4n) is 3.61. The summed E-state index contributed by atoms with van der Waals surface area (Å²) < 4.78 is 11.4. The lowest BCUT2D eigenvalue weighted by atomic mass is 10.0. The normalized spacial score (nSPS) is 11.9. The van der Waals surface area contributed by atoms with Gasteiger partial charge >= 0.3 is 0 Å². The maximum Gasteiger partial charge on any atom is 0.243 e. The molecule has 1 atom stereocenters. The van der Waals surface area contributed by atoms with E-state index in [1.165, 1.54) is 0 Å². The molecule has 2 N–H and O–H groups in total. The van der Waals surface area contributed by atoms with E-state index >= 15 is 0 Å². The van der Waals surface area contributed by atoms with Gasteiger partial charge in [-0.3, -0.25) is 9.59 Å². The first-order valence-electron chi connectivity index (χ1n) is 12.0. The van der Waals surface area contributed by atoms with E-state index in [4.69, 9.17) is 9.47 Å². The number of benzene rings is 2. The van der Waals surface area contributed by atoms with Gasteiger partial charge in [-0.25, -0.2) is 0 Å². The fourth-order valence-corrected chi connectivity index (χ4v) is 3.61. The summed E-state index contributed by atoms with van der Waals surface area (Å²) in [5.74, 6) is 0.875. The molecule has 0 aliphatic heterocycles. The van der Waals surface area contributed by atoms with Crippen molar-refractivity contribution in [3.63, 3.8) is 0 Å². The molecule has 0 aliphatic carbocycles. The first kappa shape index (κ1) is 27.2. The summed E-state index contributed by atoms with van der Waals surface area (Å²) in [6.07, 6.45) is 0.240. The van der Waals surface area contributed by atoms with E-state index in [-0.39, 0.29) is 24.2 Å². The van der Waals surface area contributed by atoms with Crippen LogP contribution in [0.4, 0.5) is 0 Å². The molecule has 2 rings (SSSR count). The second-order valence-corrected chi connectivity index (χ2v) is 8.53. The van der Waals surface area contributed by atoms with Crippen molar-refractivity contribution >= 4 is 11.8 Å². The smallest absolute Gasteiger partial charge is 0.243 e. The zero-order valence-electron chi connectivity index (χ0n) is 21.1. The number of rotatable bonds is 14. The summed E-state index contributed by atoms with van der Waals surface area (Å²) >= 11 is 0. The number of nitrogens with one attached hydrogen (secondary N) is 2. The molecule has 0 saturated carbocycles. The predicted molar refractivity (Wildman–Crippen MR) is 135 cm³/mol. The molecular formula is C27H39N3O4. The van der Waals surface area contributed by atoms with Crippen LogP contribution in [-0.2, 0) is 22.6 Å². The molecule has 186 valence electrons. The molecule has 0 radical (unpaired) electrons. The van der Waals surface area contributed by atoms with Gasteiger partial charge in [0, 0.05) is 13.1 Å². The number of likely N-dealkylation sites (N-methyl/N-ethyl adjacent to an activating group) is 1. The van der Waals surface area contributed by atoms with Gasteiger partial charge in [0.05, 0.1) is 13.5 Å². The Bertz CT molecular complexity index is 898. The van der Waals surface area contributed by atoms with Crippen LogP contribution in [0.1, 0.15) is 38.8 Å². The molecule has 7 heteroatoms. The van der Waals surface area contributed by atoms with E-state index in [9.17, 15) is 9.59 Å². The van der Waals surface area contributed by atoms with E-state index in [0.29, 0.717) is 24.7 Å². The maximum atomic E-state index is 12.8. The van der Waals surface area contributed by atoms with E-state index < -0.39 is 6.04 Å². The molecule has 2 amide bonds. The Labute approximate surface area is 203 Å². The molecule has 1 unspecified atom stereocenters. The summed E-state index contributed by atoms with van der Waals surface area (Å²) in [5.41, 5.74) is 1.80. The van der Waals surface area contributed by atoms with Gasteiger partial charge in [0.1, 0.15) is 12.6 Å². The Hall–Kier alpha value is -3.06. The SMILES string of the molecule is CCN(CC)CCOc1ccc(CNC(=O)C(NC(=O)Cc2ccccc2)C(C)C)cc1OC. The maximum absolute atomic E-state index is 12.8.